The van der Waals surface area contributed by atoms with Crippen LogP contribution in [0.5, 0.6) is 0 Å². The zero-order valence-corrected chi connectivity index (χ0v) is 6.17. The minimum atomic E-state index is -0.524. The van der Waals surface area contributed by atoms with Crippen LogP contribution in [0, 0.1) is 0 Å². The molecule has 0 aromatic carbocycles. The molecule has 11 heavy (non-hydrogen) atoms. The third-order valence-corrected chi connectivity index (χ3v) is 1.06. The van der Waals surface area contributed by atoms with Crippen molar-refractivity contribution in [2.75, 3.05) is 13.1 Å². The van der Waals surface area contributed by atoms with Gasteiger partial charge in [0.05, 0.1) is 6.54 Å². The van der Waals surface area contributed by atoms with Gasteiger partial charge >= 0.3 is 6.03 Å². The standard InChI is InChI=1S/C6H11N3O2/c7-6(11)9-4-2-1-3-8-5-10/h1-4H2,(H3,7,9,11). The van der Waals surface area contributed by atoms with E-state index in [2.05, 4.69) is 10.3 Å². The number of unbranched alkanes of at least 4 members (excludes halogenated alkanes) is 1. The fraction of sp³-hybridized carbons (Fsp3) is 0.667. The van der Waals surface area contributed by atoms with Gasteiger partial charge in [-0.05, 0) is 12.8 Å². The Hall–Kier alpha value is -1.35. The lowest BCUT2D eigenvalue weighted by Gasteiger charge is -1.97. The summed E-state index contributed by atoms with van der Waals surface area (Å²) >= 11 is 0. The molecule has 0 aromatic rings. The average Bonchev–Trinajstić information content (AvgIpc) is 1.96. The predicted molar refractivity (Wildman–Crippen MR) is 39.8 cm³/mol. The maximum absolute atomic E-state index is 10.1. The molecule has 0 fully saturated rings. The Balaban J connectivity index is 3.02. The zero-order valence-electron chi connectivity index (χ0n) is 6.17. The molecule has 0 atom stereocenters. The summed E-state index contributed by atoms with van der Waals surface area (Å²) in [5, 5.41) is 2.42. The molecule has 2 amide bonds. The van der Waals surface area contributed by atoms with E-state index in [0.717, 1.165) is 12.8 Å². The Labute approximate surface area is 64.7 Å². The minimum Gasteiger partial charge on any atom is -0.352 e. The van der Waals surface area contributed by atoms with Crippen molar-refractivity contribution in [2.24, 2.45) is 10.7 Å². The van der Waals surface area contributed by atoms with Crippen LogP contribution in [0.2, 0.25) is 0 Å². The molecule has 0 rings (SSSR count). The molecule has 3 N–H and O–H groups in total. The summed E-state index contributed by atoms with van der Waals surface area (Å²) in [7, 11) is 0. The van der Waals surface area contributed by atoms with Gasteiger partial charge in [-0.3, -0.25) is 0 Å². The second kappa shape index (κ2) is 6.77. The Kier molecular flexibility index (Phi) is 5.94. The predicted octanol–water partition coefficient (Wildman–Crippen LogP) is -0.229. The Morgan fingerprint density at radius 1 is 1.55 bits per heavy atom. The van der Waals surface area contributed by atoms with Crippen LogP contribution in [0.15, 0.2) is 4.99 Å². The molecule has 0 heterocycles. The Bertz CT molecular complexity index is 159. The number of amides is 2. The van der Waals surface area contributed by atoms with Gasteiger partial charge in [-0.1, -0.05) is 0 Å². The molecule has 0 saturated carbocycles. The summed E-state index contributed by atoms with van der Waals surface area (Å²) in [4.78, 5) is 23.0. The van der Waals surface area contributed by atoms with Gasteiger partial charge in [0, 0.05) is 6.54 Å². The fourth-order valence-electron chi connectivity index (χ4n) is 0.573. The summed E-state index contributed by atoms with van der Waals surface area (Å²) in [6.45, 7) is 0.994. The second-order valence-corrected chi connectivity index (χ2v) is 1.97. The highest BCUT2D eigenvalue weighted by molar-refractivity contribution is 5.71. The quantitative estimate of drug-likeness (QED) is 0.328. The van der Waals surface area contributed by atoms with Crippen molar-refractivity contribution >= 4 is 12.1 Å². The lowest BCUT2D eigenvalue weighted by molar-refractivity contribution is 0.249. The lowest BCUT2D eigenvalue weighted by Crippen LogP contribution is -2.30. The van der Waals surface area contributed by atoms with Crippen molar-refractivity contribution in [1.82, 2.24) is 5.32 Å². The van der Waals surface area contributed by atoms with Crippen LogP contribution >= 0.6 is 0 Å². The van der Waals surface area contributed by atoms with Gasteiger partial charge in [-0.25, -0.2) is 14.6 Å². The smallest absolute Gasteiger partial charge is 0.312 e. The number of nitrogens with one attached hydrogen (secondary N) is 1. The number of hydrogen-bond acceptors (Lipinski definition) is 3. The monoisotopic (exact) mass is 157 g/mol. The van der Waals surface area contributed by atoms with Crippen LogP contribution in [0.4, 0.5) is 4.79 Å². The fourth-order valence-corrected chi connectivity index (χ4v) is 0.573. The molecule has 62 valence electrons. The number of hydrogen-bond donors (Lipinski definition) is 2. The number of primary amides is 1. The second-order valence-electron chi connectivity index (χ2n) is 1.97. The van der Waals surface area contributed by atoms with Crippen molar-refractivity contribution in [2.45, 2.75) is 12.8 Å². The summed E-state index contributed by atoms with van der Waals surface area (Å²) in [5.41, 5.74) is 4.80. The van der Waals surface area contributed by atoms with Crippen LogP contribution in [-0.4, -0.2) is 25.2 Å². The number of urea groups is 1. The maximum Gasteiger partial charge on any atom is 0.312 e. The SMILES string of the molecule is NC(=O)NCCCCN=C=O. The van der Waals surface area contributed by atoms with Gasteiger partial charge in [0.1, 0.15) is 0 Å². The van der Waals surface area contributed by atoms with Crippen LogP contribution < -0.4 is 11.1 Å². The van der Waals surface area contributed by atoms with E-state index in [1.54, 1.807) is 0 Å². The highest BCUT2D eigenvalue weighted by Crippen LogP contribution is 1.85. The van der Waals surface area contributed by atoms with Crippen LogP contribution in [-0.2, 0) is 4.79 Å². The van der Waals surface area contributed by atoms with E-state index < -0.39 is 6.03 Å². The molecule has 0 aliphatic carbocycles. The molecule has 0 unspecified atom stereocenters. The van der Waals surface area contributed by atoms with Gasteiger partial charge in [-0.2, -0.15) is 0 Å². The summed E-state index contributed by atoms with van der Waals surface area (Å²) in [6, 6.07) is -0.524. The number of nitrogens with two attached hydrogens (primary N) is 1. The molecular weight excluding hydrogens is 146 g/mol. The first-order chi connectivity index (χ1) is 5.27. The van der Waals surface area contributed by atoms with Crippen LogP contribution in [0.3, 0.4) is 0 Å². The van der Waals surface area contributed by atoms with Gasteiger partial charge < -0.3 is 11.1 Å². The Morgan fingerprint density at radius 2 is 2.27 bits per heavy atom. The molecule has 0 aliphatic rings. The molecule has 0 aliphatic heterocycles. The first kappa shape index (κ1) is 9.65. The highest BCUT2D eigenvalue weighted by Gasteiger charge is 1.89. The van der Waals surface area contributed by atoms with Crippen molar-refractivity contribution in [3.8, 4) is 0 Å². The van der Waals surface area contributed by atoms with E-state index in [-0.39, 0.29) is 0 Å². The lowest BCUT2D eigenvalue weighted by atomic mass is 10.3. The van der Waals surface area contributed by atoms with Gasteiger partial charge in [0.15, 0.2) is 0 Å². The zero-order chi connectivity index (χ0) is 8.53. The molecule has 5 nitrogen and oxygen atoms in total. The maximum atomic E-state index is 10.1. The number of carbonyl (C=O) groups excluding carboxylic acids is 2. The first-order valence-electron chi connectivity index (χ1n) is 3.34. The summed E-state index contributed by atoms with van der Waals surface area (Å²) in [5.74, 6) is 0. The molecule has 5 heteroatoms. The molecule has 0 aromatic heterocycles. The van der Waals surface area contributed by atoms with E-state index in [4.69, 9.17) is 5.73 Å². The first-order valence-corrected chi connectivity index (χ1v) is 3.34. The average molecular weight is 157 g/mol. The largest absolute Gasteiger partial charge is 0.352 e. The minimum absolute atomic E-state index is 0.462. The molecule has 0 saturated heterocycles. The van der Waals surface area contributed by atoms with Gasteiger partial charge in [-0.15, -0.1) is 0 Å². The summed E-state index contributed by atoms with van der Waals surface area (Å²) < 4.78 is 0. The number of aliphatic imine (C=N–C) groups is 1. The van der Waals surface area contributed by atoms with Gasteiger partial charge in [0.25, 0.3) is 0 Å². The number of isocyanates is 1. The highest BCUT2D eigenvalue weighted by atomic mass is 16.2. The van der Waals surface area contributed by atoms with E-state index in [1.807, 2.05) is 0 Å². The topological polar surface area (TPSA) is 84.6 Å². The van der Waals surface area contributed by atoms with E-state index in [9.17, 15) is 9.59 Å². The normalized spacial score (nSPS) is 8.36. The van der Waals surface area contributed by atoms with E-state index in [0.29, 0.717) is 13.1 Å². The number of carbonyl (C=O) groups is 1. The number of rotatable bonds is 5. The molecule has 0 spiro atoms. The van der Waals surface area contributed by atoms with Gasteiger partial charge in [0.2, 0.25) is 6.08 Å². The van der Waals surface area contributed by atoms with E-state index in [1.165, 1.54) is 6.08 Å². The molecule has 0 bridgehead atoms. The van der Waals surface area contributed by atoms with E-state index >= 15 is 0 Å². The Morgan fingerprint density at radius 3 is 2.82 bits per heavy atom. The molecule has 0 radical (unpaired) electrons. The third-order valence-electron chi connectivity index (χ3n) is 1.06. The van der Waals surface area contributed by atoms with Crippen molar-refractivity contribution in [3.05, 3.63) is 0 Å². The third kappa shape index (κ3) is 8.65. The summed E-state index contributed by atoms with van der Waals surface area (Å²) in [6.07, 6.45) is 2.96. The van der Waals surface area contributed by atoms with Crippen molar-refractivity contribution < 1.29 is 9.59 Å². The van der Waals surface area contributed by atoms with Crippen LogP contribution in [0.25, 0.3) is 0 Å². The number of nitrogens with zero attached hydrogens (tertiary/aromatic N) is 1. The van der Waals surface area contributed by atoms with Crippen molar-refractivity contribution in [3.63, 3.8) is 0 Å². The van der Waals surface area contributed by atoms with Crippen molar-refractivity contribution in [1.29, 1.82) is 0 Å². The van der Waals surface area contributed by atoms with Crippen LogP contribution in [0.1, 0.15) is 12.8 Å². The molecular formula is C6H11N3O2.